The Morgan fingerprint density at radius 3 is 2.58 bits per heavy atom. The number of rotatable bonds is 4. The van der Waals surface area contributed by atoms with Crippen molar-refractivity contribution >= 4 is 5.97 Å². The van der Waals surface area contributed by atoms with Gasteiger partial charge in [-0.1, -0.05) is 5.57 Å². The highest BCUT2D eigenvalue weighted by Crippen LogP contribution is 2.38. The molecule has 1 aliphatic rings. The number of carboxylic acid groups (broad SMARTS) is 1. The topological polar surface area (TPSA) is 37.3 Å². The van der Waals surface area contributed by atoms with Crippen molar-refractivity contribution in [2.75, 3.05) is 0 Å². The number of hydrogen-bond acceptors (Lipinski definition) is 1. The molecule has 0 saturated heterocycles. The summed E-state index contributed by atoms with van der Waals surface area (Å²) in [6.07, 6.45) is 3.95. The van der Waals surface area contributed by atoms with Crippen LogP contribution in [0.1, 0.15) is 32.6 Å². The maximum Gasteiger partial charge on any atom is 0.306 e. The third-order valence-electron chi connectivity index (χ3n) is 2.68. The maximum atomic E-state index is 10.6. The minimum absolute atomic E-state index is 0.0654. The van der Waals surface area contributed by atoms with Gasteiger partial charge in [0.25, 0.3) is 0 Å². The molecule has 1 aliphatic carbocycles. The van der Waals surface area contributed by atoms with Crippen LogP contribution in [-0.4, -0.2) is 11.1 Å². The van der Waals surface area contributed by atoms with E-state index >= 15 is 0 Å². The first kappa shape index (κ1) is 9.30. The van der Waals surface area contributed by atoms with Crippen LogP contribution in [0.15, 0.2) is 12.2 Å². The minimum atomic E-state index is -0.618. The molecule has 12 heavy (non-hydrogen) atoms. The first-order chi connectivity index (χ1) is 5.61. The van der Waals surface area contributed by atoms with E-state index in [9.17, 15) is 4.79 Å². The van der Waals surface area contributed by atoms with Gasteiger partial charge in [0.05, 0.1) is 5.92 Å². The van der Waals surface area contributed by atoms with Crippen LogP contribution < -0.4 is 0 Å². The fourth-order valence-corrected chi connectivity index (χ4v) is 1.67. The molecule has 0 aliphatic heterocycles. The molecule has 2 heteroatoms. The van der Waals surface area contributed by atoms with Crippen molar-refractivity contribution in [2.24, 2.45) is 11.8 Å². The molecule has 0 aromatic rings. The van der Waals surface area contributed by atoms with Crippen LogP contribution in [0.3, 0.4) is 0 Å². The Balaban J connectivity index is 2.25. The SMILES string of the molecule is C=C(C)CCC1CCC1C(=O)O. The van der Waals surface area contributed by atoms with E-state index in [-0.39, 0.29) is 5.92 Å². The summed E-state index contributed by atoms with van der Waals surface area (Å²) in [5, 5.41) is 8.75. The molecular formula is C10H16O2. The summed E-state index contributed by atoms with van der Waals surface area (Å²) >= 11 is 0. The lowest BCUT2D eigenvalue weighted by atomic mass is 9.71. The van der Waals surface area contributed by atoms with Crippen molar-refractivity contribution in [3.63, 3.8) is 0 Å². The Kier molecular flexibility index (Phi) is 2.90. The molecule has 0 aromatic heterocycles. The highest BCUT2D eigenvalue weighted by atomic mass is 16.4. The van der Waals surface area contributed by atoms with Gasteiger partial charge in [-0.25, -0.2) is 0 Å². The second-order valence-electron chi connectivity index (χ2n) is 3.78. The van der Waals surface area contributed by atoms with Gasteiger partial charge >= 0.3 is 5.97 Å². The van der Waals surface area contributed by atoms with Crippen molar-refractivity contribution in [3.05, 3.63) is 12.2 Å². The van der Waals surface area contributed by atoms with Gasteiger partial charge in [0.15, 0.2) is 0 Å². The molecule has 2 nitrogen and oxygen atoms in total. The first-order valence-electron chi connectivity index (χ1n) is 4.48. The van der Waals surface area contributed by atoms with E-state index in [1.54, 1.807) is 0 Å². The van der Waals surface area contributed by atoms with E-state index in [0.717, 1.165) is 31.3 Å². The fraction of sp³-hybridized carbons (Fsp3) is 0.700. The van der Waals surface area contributed by atoms with Gasteiger partial charge in [0, 0.05) is 0 Å². The zero-order valence-electron chi connectivity index (χ0n) is 7.55. The Morgan fingerprint density at radius 1 is 1.58 bits per heavy atom. The van der Waals surface area contributed by atoms with Gasteiger partial charge in [-0.3, -0.25) is 4.79 Å². The van der Waals surface area contributed by atoms with Gasteiger partial charge in [0.2, 0.25) is 0 Å². The summed E-state index contributed by atoms with van der Waals surface area (Å²) < 4.78 is 0. The van der Waals surface area contributed by atoms with Gasteiger partial charge in [0.1, 0.15) is 0 Å². The van der Waals surface area contributed by atoms with Gasteiger partial charge in [-0.15, -0.1) is 6.58 Å². The third kappa shape index (κ3) is 2.10. The molecule has 0 spiro atoms. The Bertz CT molecular complexity index is 196. The number of hydrogen-bond donors (Lipinski definition) is 1. The highest BCUT2D eigenvalue weighted by molar-refractivity contribution is 5.71. The van der Waals surface area contributed by atoms with Crippen LogP contribution in [0.5, 0.6) is 0 Å². The molecule has 2 atom stereocenters. The van der Waals surface area contributed by atoms with E-state index in [2.05, 4.69) is 6.58 Å². The number of carboxylic acids is 1. The molecule has 1 saturated carbocycles. The molecule has 0 heterocycles. The lowest BCUT2D eigenvalue weighted by molar-refractivity contribution is -0.147. The molecule has 0 bridgehead atoms. The molecule has 1 N–H and O–H groups in total. The van der Waals surface area contributed by atoms with Crippen molar-refractivity contribution in [1.29, 1.82) is 0 Å². The second-order valence-corrected chi connectivity index (χ2v) is 3.78. The molecular weight excluding hydrogens is 152 g/mol. The highest BCUT2D eigenvalue weighted by Gasteiger charge is 2.35. The smallest absolute Gasteiger partial charge is 0.306 e. The fourth-order valence-electron chi connectivity index (χ4n) is 1.67. The summed E-state index contributed by atoms with van der Waals surface area (Å²) in [5.74, 6) is -0.267. The zero-order chi connectivity index (χ0) is 9.14. The Morgan fingerprint density at radius 2 is 2.25 bits per heavy atom. The molecule has 1 rings (SSSR count). The average molecular weight is 168 g/mol. The van der Waals surface area contributed by atoms with Gasteiger partial charge < -0.3 is 5.11 Å². The minimum Gasteiger partial charge on any atom is -0.481 e. The number of allylic oxidation sites excluding steroid dienone is 1. The van der Waals surface area contributed by atoms with E-state index in [0.29, 0.717) is 5.92 Å². The monoisotopic (exact) mass is 168 g/mol. The van der Waals surface area contributed by atoms with Crippen molar-refractivity contribution in [3.8, 4) is 0 Å². The van der Waals surface area contributed by atoms with Crippen molar-refractivity contribution in [1.82, 2.24) is 0 Å². The molecule has 0 amide bonds. The van der Waals surface area contributed by atoms with Crippen molar-refractivity contribution in [2.45, 2.75) is 32.6 Å². The number of aliphatic carboxylic acids is 1. The normalized spacial score (nSPS) is 27.8. The lowest BCUT2D eigenvalue weighted by Crippen LogP contribution is -2.32. The molecule has 68 valence electrons. The largest absolute Gasteiger partial charge is 0.481 e. The van der Waals surface area contributed by atoms with Gasteiger partial charge in [-0.2, -0.15) is 0 Å². The molecule has 2 unspecified atom stereocenters. The van der Waals surface area contributed by atoms with Crippen LogP contribution in [0, 0.1) is 11.8 Å². The van der Waals surface area contributed by atoms with E-state index in [4.69, 9.17) is 5.11 Å². The van der Waals surface area contributed by atoms with Gasteiger partial charge in [-0.05, 0) is 38.5 Å². The lowest BCUT2D eigenvalue weighted by Gasteiger charge is -2.33. The molecule has 1 fully saturated rings. The predicted octanol–water partition coefficient (Wildman–Crippen LogP) is 2.45. The third-order valence-corrected chi connectivity index (χ3v) is 2.68. The predicted molar refractivity (Wildman–Crippen MR) is 47.9 cm³/mol. The Hall–Kier alpha value is -0.790. The number of carbonyl (C=O) groups is 1. The van der Waals surface area contributed by atoms with Crippen molar-refractivity contribution < 1.29 is 9.90 Å². The Labute approximate surface area is 73.3 Å². The average Bonchev–Trinajstić information content (AvgIpc) is 1.82. The second kappa shape index (κ2) is 3.74. The van der Waals surface area contributed by atoms with Crippen LogP contribution in [0.2, 0.25) is 0 Å². The van der Waals surface area contributed by atoms with E-state index in [1.807, 2.05) is 6.92 Å². The quantitative estimate of drug-likeness (QED) is 0.655. The van der Waals surface area contributed by atoms with Crippen LogP contribution in [0.4, 0.5) is 0 Å². The maximum absolute atomic E-state index is 10.6. The summed E-state index contributed by atoms with van der Waals surface area (Å²) in [4.78, 5) is 10.6. The standard InChI is InChI=1S/C10H16O2/c1-7(2)3-4-8-5-6-9(8)10(11)12/h8-9H,1,3-6H2,2H3,(H,11,12). The van der Waals surface area contributed by atoms with Crippen LogP contribution >= 0.6 is 0 Å². The summed E-state index contributed by atoms with van der Waals surface area (Å²) in [6.45, 7) is 5.80. The first-order valence-corrected chi connectivity index (χ1v) is 4.48. The van der Waals surface area contributed by atoms with Crippen LogP contribution in [-0.2, 0) is 4.79 Å². The van der Waals surface area contributed by atoms with E-state index < -0.39 is 5.97 Å². The molecule has 0 radical (unpaired) electrons. The zero-order valence-corrected chi connectivity index (χ0v) is 7.55. The summed E-state index contributed by atoms with van der Waals surface area (Å²) in [5.41, 5.74) is 1.16. The van der Waals surface area contributed by atoms with Crippen LogP contribution in [0.25, 0.3) is 0 Å². The molecule has 0 aromatic carbocycles. The summed E-state index contributed by atoms with van der Waals surface area (Å²) in [6, 6.07) is 0. The van der Waals surface area contributed by atoms with E-state index in [1.165, 1.54) is 0 Å². The summed E-state index contributed by atoms with van der Waals surface area (Å²) in [7, 11) is 0.